The average molecular weight is 463 g/mol. The van der Waals surface area contributed by atoms with Gasteiger partial charge in [0.15, 0.2) is 0 Å². The van der Waals surface area contributed by atoms with Gasteiger partial charge in [0.1, 0.15) is 0 Å². The van der Waals surface area contributed by atoms with Crippen LogP contribution in [0.2, 0.25) is 0 Å². The minimum atomic E-state index is 0.367. The van der Waals surface area contributed by atoms with Crippen LogP contribution in [-0.4, -0.2) is 0 Å². The molecule has 1 fully saturated rings. The fraction of sp³-hybridized carbons (Fsp3) is 0.429. The molecule has 3 aliphatic carbocycles. The number of aryl methyl sites for hydroxylation is 2. The van der Waals surface area contributed by atoms with Crippen LogP contribution in [0.5, 0.6) is 0 Å². The van der Waals surface area contributed by atoms with Gasteiger partial charge in [-0.2, -0.15) is 0 Å². The highest BCUT2D eigenvalue weighted by molar-refractivity contribution is 5.80. The monoisotopic (exact) mass is 462 g/mol. The van der Waals surface area contributed by atoms with E-state index in [1.807, 2.05) is 0 Å². The molecule has 0 nitrogen and oxygen atoms in total. The third kappa shape index (κ3) is 5.04. The lowest BCUT2D eigenvalue weighted by Crippen LogP contribution is -2.15. The van der Waals surface area contributed by atoms with Gasteiger partial charge < -0.3 is 0 Å². The molecule has 2 atom stereocenters. The number of hydrogen-bond donors (Lipinski definition) is 0. The predicted molar refractivity (Wildman–Crippen MR) is 153 cm³/mol. The summed E-state index contributed by atoms with van der Waals surface area (Å²) in [5.41, 5.74) is 14.4. The van der Waals surface area contributed by atoms with Crippen LogP contribution in [0.15, 0.2) is 72.4 Å². The molecule has 0 spiro atoms. The molecule has 0 bridgehead atoms. The van der Waals surface area contributed by atoms with Gasteiger partial charge in [-0.15, -0.1) is 0 Å². The van der Waals surface area contributed by atoms with Crippen molar-refractivity contribution in [3.63, 3.8) is 0 Å². The molecule has 0 heterocycles. The average Bonchev–Trinajstić information content (AvgIpc) is 3.07. The Morgan fingerprint density at radius 1 is 0.914 bits per heavy atom. The summed E-state index contributed by atoms with van der Waals surface area (Å²) >= 11 is 0. The zero-order valence-corrected chi connectivity index (χ0v) is 22.1. The van der Waals surface area contributed by atoms with Crippen molar-refractivity contribution in [2.45, 2.75) is 78.6 Å². The summed E-state index contributed by atoms with van der Waals surface area (Å²) in [6.07, 6.45) is 18.7. The largest absolute Gasteiger partial charge is 0.0986 e. The van der Waals surface area contributed by atoms with E-state index in [9.17, 15) is 0 Å². The molecule has 0 aromatic heterocycles. The van der Waals surface area contributed by atoms with Crippen molar-refractivity contribution in [1.29, 1.82) is 0 Å². The molecule has 0 amide bonds. The zero-order valence-electron chi connectivity index (χ0n) is 22.1. The molecule has 3 aliphatic rings. The van der Waals surface area contributed by atoms with E-state index in [-0.39, 0.29) is 0 Å². The number of allylic oxidation sites excluding steroid dienone is 5. The van der Waals surface area contributed by atoms with E-state index in [1.54, 1.807) is 5.56 Å². The fourth-order valence-corrected chi connectivity index (χ4v) is 6.77. The lowest BCUT2D eigenvalue weighted by atomic mass is 9.77. The maximum absolute atomic E-state index is 4.44. The maximum atomic E-state index is 4.44. The van der Waals surface area contributed by atoms with Crippen molar-refractivity contribution in [3.8, 4) is 11.1 Å². The Labute approximate surface area is 213 Å². The van der Waals surface area contributed by atoms with Crippen molar-refractivity contribution in [3.05, 3.63) is 100 Å². The van der Waals surface area contributed by atoms with Gasteiger partial charge in [0.2, 0.25) is 0 Å². The van der Waals surface area contributed by atoms with Crippen LogP contribution < -0.4 is 0 Å². The molecule has 1 saturated carbocycles. The SMILES string of the molecule is C=C1C=CC(C)C(=C)C1CC1=Cc2cccc(-c3cc(C)cc(C)c3CC3CCCCCC3)c2C1. The Hall–Kier alpha value is -2.60. The van der Waals surface area contributed by atoms with Gasteiger partial charge in [-0.1, -0.05) is 124 Å². The first-order valence-electron chi connectivity index (χ1n) is 13.9. The molecule has 0 saturated heterocycles. The van der Waals surface area contributed by atoms with E-state index in [1.165, 1.54) is 95.0 Å². The van der Waals surface area contributed by atoms with Gasteiger partial charge in [-0.05, 0) is 83.9 Å². The molecule has 182 valence electrons. The summed E-state index contributed by atoms with van der Waals surface area (Å²) in [5.74, 6) is 1.64. The molecule has 2 aromatic rings. The van der Waals surface area contributed by atoms with E-state index in [2.05, 4.69) is 82.5 Å². The standard InChI is InChI=1S/C35H42/c1-23-17-26(4)33(20-28-11-8-6-7-9-12-28)35(18-23)31-14-10-13-30-19-29(22-34(30)31)21-32-25(3)16-15-24(2)27(32)5/h10,13-19,24,28,32H,3,5-9,11-12,20-22H2,1-2,4H3. The first-order chi connectivity index (χ1) is 16.9. The van der Waals surface area contributed by atoms with Crippen molar-refractivity contribution in [2.24, 2.45) is 17.8 Å². The normalized spacial score (nSPS) is 22.8. The lowest BCUT2D eigenvalue weighted by molar-refractivity contribution is 0.457. The summed E-state index contributed by atoms with van der Waals surface area (Å²) in [6.45, 7) is 15.6. The van der Waals surface area contributed by atoms with Crippen LogP contribution in [0.25, 0.3) is 17.2 Å². The summed E-state index contributed by atoms with van der Waals surface area (Å²) in [6, 6.07) is 11.8. The highest BCUT2D eigenvalue weighted by Crippen LogP contribution is 2.42. The van der Waals surface area contributed by atoms with Crippen LogP contribution in [0.4, 0.5) is 0 Å². The maximum Gasteiger partial charge on any atom is 0.00826 e. The Bertz CT molecular complexity index is 1190. The molecule has 35 heavy (non-hydrogen) atoms. The third-order valence-corrected chi connectivity index (χ3v) is 8.90. The van der Waals surface area contributed by atoms with Crippen LogP contribution in [-0.2, 0) is 12.8 Å². The summed E-state index contributed by atoms with van der Waals surface area (Å²) in [4.78, 5) is 0. The molecular formula is C35H42. The zero-order chi connectivity index (χ0) is 24.5. The topological polar surface area (TPSA) is 0 Å². The van der Waals surface area contributed by atoms with Crippen molar-refractivity contribution in [1.82, 2.24) is 0 Å². The quantitative estimate of drug-likeness (QED) is 0.306. The van der Waals surface area contributed by atoms with E-state index in [0.29, 0.717) is 11.8 Å². The van der Waals surface area contributed by atoms with Crippen molar-refractivity contribution in [2.75, 3.05) is 0 Å². The van der Waals surface area contributed by atoms with Gasteiger partial charge in [0, 0.05) is 5.92 Å². The van der Waals surface area contributed by atoms with E-state index < -0.39 is 0 Å². The first-order valence-corrected chi connectivity index (χ1v) is 13.9. The smallest absolute Gasteiger partial charge is 0.00826 e. The molecule has 0 N–H and O–H groups in total. The molecule has 0 heteroatoms. The summed E-state index contributed by atoms with van der Waals surface area (Å²) in [7, 11) is 0. The van der Waals surface area contributed by atoms with Gasteiger partial charge in [-0.25, -0.2) is 0 Å². The van der Waals surface area contributed by atoms with E-state index in [0.717, 1.165) is 18.8 Å². The highest BCUT2D eigenvalue weighted by atomic mass is 14.3. The molecule has 2 unspecified atom stereocenters. The number of benzene rings is 2. The van der Waals surface area contributed by atoms with Gasteiger partial charge in [0.25, 0.3) is 0 Å². The van der Waals surface area contributed by atoms with Gasteiger partial charge >= 0.3 is 0 Å². The summed E-state index contributed by atoms with van der Waals surface area (Å²) in [5, 5.41) is 0. The highest BCUT2D eigenvalue weighted by Gasteiger charge is 2.27. The lowest BCUT2D eigenvalue weighted by Gasteiger charge is -2.28. The van der Waals surface area contributed by atoms with Gasteiger partial charge in [-0.3, -0.25) is 0 Å². The predicted octanol–water partition coefficient (Wildman–Crippen LogP) is 9.75. The summed E-state index contributed by atoms with van der Waals surface area (Å²) < 4.78 is 0. The fourth-order valence-electron chi connectivity index (χ4n) is 6.77. The first kappa shape index (κ1) is 24.1. The van der Waals surface area contributed by atoms with Crippen molar-refractivity contribution >= 4 is 6.08 Å². The third-order valence-electron chi connectivity index (χ3n) is 8.90. The minimum Gasteiger partial charge on any atom is -0.0986 e. The Kier molecular flexibility index (Phi) is 7.01. The van der Waals surface area contributed by atoms with Crippen LogP contribution in [0, 0.1) is 31.6 Å². The Morgan fingerprint density at radius 2 is 1.69 bits per heavy atom. The molecule has 2 aromatic carbocycles. The van der Waals surface area contributed by atoms with E-state index >= 15 is 0 Å². The molecule has 0 radical (unpaired) electrons. The molecule has 0 aliphatic heterocycles. The second-order valence-electron chi connectivity index (χ2n) is 11.6. The van der Waals surface area contributed by atoms with Gasteiger partial charge in [0.05, 0.1) is 0 Å². The van der Waals surface area contributed by atoms with E-state index in [4.69, 9.17) is 0 Å². The molecule has 5 rings (SSSR count). The van der Waals surface area contributed by atoms with Crippen LogP contribution in [0.1, 0.15) is 79.7 Å². The number of rotatable bonds is 5. The number of hydrogen-bond acceptors (Lipinski definition) is 0. The second-order valence-corrected chi connectivity index (χ2v) is 11.6. The Balaban J connectivity index is 1.45. The van der Waals surface area contributed by atoms with Crippen molar-refractivity contribution < 1.29 is 0 Å². The molecular weight excluding hydrogens is 420 g/mol. The Morgan fingerprint density at radius 3 is 2.46 bits per heavy atom. The van der Waals surface area contributed by atoms with Crippen LogP contribution >= 0.6 is 0 Å². The number of fused-ring (bicyclic) bond motifs is 1. The second kappa shape index (κ2) is 10.2. The van der Waals surface area contributed by atoms with Crippen LogP contribution in [0.3, 0.4) is 0 Å². The minimum absolute atomic E-state index is 0.367.